The van der Waals surface area contributed by atoms with E-state index >= 15 is 0 Å². The zero-order valence-electron chi connectivity index (χ0n) is 19.6. The number of aliphatic hydroxyl groups is 1. The third kappa shape index (κ3) is 5.76. The summed E-state index contributed by atoms with van der Waals surface area (Å²) in [5.74, 6) is -0.496. The Bertz CT molecular complexity index is 1290. The molecule has 0 spiro atoms. The second kappa shape index (κ2) is 10.8. The molecule has 10 heteroatoms. The van der Waals surface area contributed by atoms with Gasteiger partial charge in [-0.25, -0.2) is 14.8 Å². The van der Waals surface area contributed by atoms with E-state index in [1.807, 2.05) is 6.07 Å². The molecule has 0 unspecified atom stereocenters. The molecule has 1 aliphatic heterocycles. The van der Waals surface area contributed by atoms with Crippen molar-refractivity contribution < 1.29 is 24.5 Å². The summed E-state index contributed by atoms with van der Waals surface area (Å²) in [7, 11) is 0. The summed E-state index contributed by atoms with van der Waals surface area (Å²) in [5.41, 5.74) is 2.50. The number of nitrogens with zero attached hydrogens (tertiary/aromatic N) is 4. The van der Waals surface area contributed by atoms with Crippen LogP contribution in [0.4, 0.5) is 11.6 Å². The quantitative estimate of drug-likeness (QED) is 0.457. The van der Waals surface area contributed by atoms with E-state index in [0.717, 1.165) is 0 Å². The minimum atomic E-state index is -1.02. The van der Waals surface area contributed by atoms with Gasteiger partial charge in [0.2, 0.25) is 5.95 Å². The lowest BCUT2D eigenvalue weighted by atomic mass is 10.1. The van der Waals surface area contributed by atoms with Crippen molar-refractivity contribution in [3.8, 4) is 23.1 Å². The third-order valence-corrected chi connectivity index (χ3v) is 5.84. The van der Waals surface area contributed by atoms with Crippen molar-refractivity contribution in [1.82, 2.24) is 14.9 Å². The number of hydrogen-bond acceptors (Lipinski definition) is 8. The maximum atomic E-state index is 12.0. The lowest BCUT2D eigenvalue weighted by molar-refractivity contribution is -0.141. The summed E-state index contributed by atoms with van der Waals surface area (Å²) in [5, 5.41) is 31.3. The molecule has 1 fully saturated rings. The molecule has 10 nitrogen and oxygen atoms in total. The van der Waals surface area contributed by atoms with Crippen LogP contribution in [0.15, 0.2) is 54.7 Å². The molecule has 1 aliphatic rings. The summed E-state index contributed by atoms with van der Waals surface area (Å²) in [4.78, 5) is 33.3. The van der Waals surface area contributed by atoms with E-state index in [-0.39, 0.29) is 17.6 Å². The van der Waals surface area contributed by atoms with Crippen molar-refractivity contribution in [3.63, 3.8) is 0 Å². The van der Waals surface area contributed by atoms with E-state index in [1.54, 1.807) is 41.4 Å². The van der Waals surface area contributed by atoms with Crippen LogP contribution >= 0.6 is 0 Å². The number of aliphatic hydroxyl groups excluding tert-OH is 1. The average Bonchev–Trinajstić information content (AvgIpc) is 2.89. The maximum absolute atomic E-state index is 12.0. The number of nitrogens with one attached hydrogen (secondary N) is 1. The molecule has 0 radical (unpaired) electrons. The van der Waals surface area contributed by atoms with E-state index in [9.17, 15) is 20.0 Å². The molecule has 1 atom stereocenters. The van der Waals surface area contributed by atoms with E-state index in [2.05, 4.69) is 21.4 Å². The van der Waals surface area contributed by atoms with Gasteiger partial charge in [-0.3, -0.25) is 4.79 Å². The summed E-state index contributed by atoms with van der Waals surface area (Å²) >= 11 is 0. The number of aromatic nitrogens is 2. The van der Waals surface area contributed by atoms with Crippen LogP contribution in [0.3, 0.4) is 0 Å². The number of benzene rings is 2. The first-order valence-corrected chi connectivity index (χ1v) is 11.5. The van der Waals surface area contributed by atoms with Crippen molar-refractivity contribution >= 4 is 23.5 Å². The van der Waals surface area contributed by atoms with E-state index in [0.29, 0.717) is 60.1 Å². The Hall–Kier alpha value is -4.49. The first-order chi connectivity index (χ1) is 17.3. The SMILES string of the molecule is C[C@@H](O)C(=O)N1CCC(Oc2ccc(-c3ccnc(Nc4ccc(C(=O)O)cc4)n3)cc2C#N)CC1. The first kappa shape index (κ1) is 24.6. The summed E-state index contributed by atoms with van der Waals surface area (Å²) in [6.45, 7) is 2.44. The molecule has 36 heavy (non-hydrogen) atoms. The zero-order chi connectivity index (χ0) is 25.7. The smallest absolute Gasteiger partial charge is 0.335 e. The Morgan fingerprint density at radius 3 is 2.53 bits per heavy atom. The van der Waals surface area contributed by atoms with E-state index in [4.69, 9.17) is 9.84 Å². The minimum Gasteiger partial charge on any atom is -0.489 e. The predicted octanol–water partition coefficient (Wildman–Crippen LogP) is 3.21. The van der Waals surface area contributed by atoms with Gasteiger partial charge in [-0.1, -0.05) is 0 Å². The number of likely N-dealkylation sites (tertiary alicyclic amines) is 1. The van der Waals surface area contributed by atoms with Crippen LogP contribution in [-0.4, -0.2) is 62.3 Å². The van der Waals surface area contributed by atoms with Gasteiger partial charge >= 0.3 is 5.97 Å². The molecule has 0 bridgehead atoms. The topological polar surface area (TPSA) is 149 Å². The molecule has 3 N–H and O–H groups in total. The van der Waals surface area contributed by atoms with Crippen molar-refractivity contribution in [2.24, 2.45) is 0 Å². The van der Waals surface area contributed by atoms with Gasteiger partial charge < -0.3 is 25.2 Å². The predicted molar refractivity (Wildman–Crippen MR) is 131 cm³/mol. The number of carbonyl (C=O) groups excluding carboxylic acids is 1. The highest BCUT2D eigenvalue weighted by Gasteiger charge is 2.26. The standard InChI is InChI=1S/C26H25N5O5/c1-16(32)24(33)31-12-9-21(10-13-31)36-23-7-4-18(14-19(23)15-27)22-8-11-28-26(30-22)29-20-5-2-17(3-6-20)25(34)35/h2-8,11,14,16,21,32H,9-10,12-13H2,1H3,(H,34,35)(H,28,29,30)/t16-/m1/s1. The highest BCUT2D eigenvalue weighted by atomic mass is 16.5. The fourth-order valence-corrected chi connectivity index (χ4v) is 3.92. The lowest BCUT2D eigenvalue weighted by Crippen LogP contribution is -2.45. The molecule has 0 aliphatic carbocycles. The molecular formula is C26H25N5O5. The molecular weight excluding hydrogens is 462 g/mol. The monoisotopic (exact) mass is 487 g/mol. The number of carboxylic acid groups (broad SMARTS) is 1. The normalized spacial score (nSPS) is 14.5. The van der Waals surface area contributed by atoms with Crippen LogP contribution in [0.2, 0.25) is 0 Å². The summed E-state index contributed by atoms with van der Waals surface area (Å²) in [6, 6.07) is 15.4. The number of rotatable bonds is 7. The third-order valence-electron chi connectivity index (χ3n) is 5.84. The summed E-state index contributed by atoms with van der Waals surface area (Å²) < 4.78 is 6.08. The van der Waals surface area contributed by atoms with Gasteiger partial charge in [-0.05, 0) is 55.5 Å². The fraction of sp³-hybridized carbons (Fsp3) is 0.269. The van der Waals surface area contributed by atoms with Crippen molar-refractivity contribution in [2.75, 3.05) is 18.4 Å². The number of anilines is 2. The highest BCUT2D eigenvalue weighted by Crippen LogP contribution is 2.28. The van der Waals surface area contributed by atoms with Crippen LogP contribution in [-0.2, 0) is 4.79 Å². The van der Waals surface area contributed by atoms with E-state index < -0.39 is 12.1 Å². The molecule has 1 aromatic heterocycles. The minimum absolute atomic E-state index is 0.136. The number of amides is 1. The number of hydrogen-bond donors (Lipinski definition) is 3. The highest BCUT2D eigenvalue weighted by molar-refractivity contribution is 5.88. The molecule has 184 valence electrons. The average molecular weight is 488 g/mol. The molecule has 2 heterocycles. The summed E-state index contributed by atoms with van der Waals surface area (Å²) in [6.07, 6.45) is 1.66. The second-order valence-electron chi connectivity index (χ2n) is 8.41. The van der Waals surface area contributed by atoms with Crippen LogP contribution in [0.5, 0.6) is 5.75 Å². The fourth-order valence-electron chi connectivity index (χ4n) is 3.92. The Balaban J connectivity index is 1.44. The number of piperidine rings is 1. The van der Waals surface area contributed by atoms with Gasteiger partial charge in [-0.15, -0.1) is 0 Å². The first-order valence-electron chi connectivity index (χ1n) is 11.5. The molecule has 3 aromatic rings. The Morgan fingerprint density at radius 2 is 1.89 bits per heavy atom. The molecule has 0 saturated carbocycles. The van der Waals surface area contributed by atoms with Gasteiger partial charge in [0.25, 0.3) is 5.91 Å². The number of nitriles is 1. The Morgan fingerprint density at radius 1 is 1.17 bits per heavy atom. The van der Waals surface area contributed by atoms with E-state index in [1.165, 1.54) is 19.1 Å². The molecule has 1 amide bonds. The van der Waals surface area contributed by atoms with Gasteiger partial charge in [0, 0.05) is 43.4 Å². The van der Waals surface area contributed by atoms with Crippen molar-refractivity contribution in [3.05, 3.63) is 65.9 Å². The van der Waals surface area contributed by atoms with Gasteiger partial charge in [0.1, 0.15) is 24.0 Å². The number of aromatic carboxylic acids is 1. The van der Waals surface area contributed by atoms with Gasteiger partial charge in [0.05, 0.1) is 16.8 Å². The lowest BCUT2D eigenvalue weighted by Gasteiger charge is -2.33. The molecule has 4 rings (SSSR count). The van der Waals surface area contributed by atoms with Crippen LogP contribution < -0.4 is 10.1 Å². The van der Waals surface area contributed by atoms with Crippen LogP contribution in [0, 0.1) is 11.3 Å². The Kier molecular flexibility index (Phi) is 7.42. The van der Waals surface area contributed by atoms with Crippen molar-refractivity contribution in [2.45, 2.75) is 32.0 Å². The second-order valence-corrected chi connectivity index (χ2v) is 8.41. The molecule has 1 saturated heterocycles. The zero-order valence-corrected chi connectivity index (χ0v) is 19.6. The number of ether oxygens (including phenoxy) is 1. The van der Waals surface area contributed by atoms with Crippen LogP contribution in [0.25, 0.3) is 11.3 Å². The van der Waals surface area contributed by atoms with Gasteiger partial charge in [0.15, 0.2) is 0 Å². The van der Waals surface area contributed by atoms with Gasteiger partial charge in [-0.2, -0.15) is 5.26 Å². The number of carboxylic acids is 1. The number of carbonyl (C=O) groups is 2. The largest absolute Gasteiger partial charge is 0.489 e. The maximum Gasteiger partial charge on any atom is 0.335 e. The Labute approximate surface area is 207 Å². The van der Waals surface area contributed by atoms with Crippen LogP contribution in [0.1, 0.15) is 35.7 Å². The van der Waals surface area contributed by atoms with Crippen molar-refractivity contribution in [1.29, 1.82) is 5.26 Å². The molecule has 2 aromatic carbocycles.